The largest absolute Gasteiger partial charge is 0.415 e. The number of benzene rings is 3. The third-order valence-electron chi connectivity index (χ3n) is 4.31. The van der Waals surface area contributed by atoms with Crippen LogP contribution in [-0.4, -0.2) is 17.0 Å². The number of rotatable bonds is 3. The Bertz CT molecular complexity index is 982. The zero-order valence-corrected chi connectivity index (χ0v) is 13.7. The van der Waals surface area contributed by atoms with Crippen molar-refractivity contribution in [3.8, 4) is 11.1 Å². The van der Waals surface area contributed by atoms with Gasteiger partial charge in [0, 0.05) is 11.3 Å². The minimum absolute atomic E-state index is 0.142. The van der Waals surface area contributed by atoms with Crippen LogP contribution in [0.1, 0.15) is 15.9 Å². The molecule has 1 aliphatic heterocycles. The summed E-state index contributed by atoms with van der Waals surface area (Å²) in [6, 6.07) is 23.3. The first-order valence-corrected chi connectivity index (χ1v) is 8.10. The number of aliphatic hydroxyl groups is 1. The summed E-state index contributed by atoms with van der Waals surface area (Å²) in [5, 5.41) is 13.2. The van der Waals surface area contributed by atoms with Gasteiger partial charge in [-0.2, -0.15) is 0 Å². The SMILES string of the molecule is O=C1OC(O)(C(=O)Nc2ccc(-c3ccccc3)cc2)c2ccccc21. The number of amides is 1. The van der Waals surface area contributed by atoms with Crippen LogP contribution in [-0.2, 0) is 15.3 Å². The van der Waals surface area contributed by atoms with E-state index in [1.165, 1.54) is 12.1 Å². The van der Waals surface area contributed by atoms with Crippen LogP contribution in [0.15, 0.2) is 78.9 Å². The molecule has 1 heterocycles. The molecule has 1 amide bonds. The number of hydrogen-bond acceptors (Lipinski definition) is 4. The monoisotopic (exact) mass is 345 g/mol. The lowest BCUT2D eigenvalue weighted by atomic mass is 10.0. The molecule has 0 fully saturated rings. The van der Waals surface area contributed by atoms with Crippen molar-refractivity contribution in [1.82, 2.24) is 0 Å². The van der Waals surface area contributed by atoms with Crippen molar-refractivity contribution in [3.05, 3.63) is 90.0 Å². The lowest BCUT2D eigenvalue weighted by Gasteiger charge is -2.21. The van der Waals surface area contributed by atoms with Crippen LogP contribution in [0.3, 0.4) is 0 Å². The maximum atomic E-state index is 12.6. The average Bonchev–Trinajstić information content (AvgIpc) is 2.95. The minimum atomic E-state index is -2.33. The molecule has 1 unspecified atom stereocenters. The van der Waals surface area contributed by atoms with E-state index in [0.29, 0.717) is 5.69 Å². The number of ether oxygens (including phenoxy) is 1. The van der Waals surface area contributed by atoms with E-state index in [1.54, 1.807) is 24.3 Å². The van der Waals surface area contributed by atoms with Gasteiger partial charge in [0.1, 0.15) is 0 Å². The maximum absolute atomic E-state index is 12.6. The molecule has 0 radical (unpaired) electrons. The summed E-state index contributed by atoms with van der Waals surface area (Å²) in [6.45, 7) is 0. The molecule has 0 aromatic heterocycles. The van der Waals surface area contributed by atoms with Crippen LogP contribution in [0.2, 0.25) is 0 Å². The van der Waals surface area contributed by atoms with Gasteiger partial charge in [0.2, 0.25) is 0 Å². The first-order chi connectivity index (χ1) is 12.6. The van der Waals surface area contributed by atoms with Crippen molar-refractivity contribution in [2.45, 2.75) is 5.79 Å². The van der Waals surface area contributed by atoms with Gasteiger partial charge in [-0.3, -0.25) is 4.79 Å². The third kappa shape index (κ3) is 2.64. The van der Waals surface area contributed by atoms with Gasteiger partial charge in [0.25, 0.3) is 0 Å². The summed E-state index contributed by atoms with van der Waals surface area (Å²) < 4.78 is 4.95. The second kappa shape index (κ2) is 6.13. The van der Waals surface area contributed by atoms with Gasteiger partial charge in [-0.1, -0.05) is 60.7 Å². The number of hydrogen-bond donors (Lipinski definition) is 2. The van der Waals surface area contributed by atoms with E-state index in [4.69, 9.17) is 4.74 Å². The Kier molecular flexibility index (Phi) is 3.78. The number of carbonyl (C=O) groups excluding carboxylic acids is 2. The van der Waals surface area contributed by atoms with E-state index in [-0.39, 0.29) is 11.1 Å². The molecule has 1 atom stereocenters. The molecule has 0 bridgehead atoms. The standard InChI is InChI=1S/C21H15NO4/c23-19-17-8-4-5-9-18(17)21(25,26-19)20(24)22-16-12-10-15(11-13-16)14-6-2-1-3-7-14/h1-13,25H,(H,22,24). The Morgan fingerprint density at radius 3 is 2.19 bits per heavy atom. The quantitative estimate of drug-likeness (QED) is 0.714. The van der Waals surface area contributed by atoms with Crippen molar-refractivity contribution in [1.29, 1.82) is 0 Å². The molecular weight excluding hydrogens is 330 g/mol. The maximum Gasteiger partial charge on any atom is 0.341 e. The highest BCUT2D eigenvalue weighted by Gasteiger charge is 2.50. The van der Waals surface area contributed by atoms with Gasteiger partial charge in [-0.15, -0.1) is 0 Å². The summed E-state index contributed by atoms with van der Waals surface area (Å²) in [7, 11) is 0. The molecule has 0 saturated carbocycles. The molecule has 0 aliphatic carbocycles. The first kappa shape index (κ1) is 16.1. The Hall–Kier alpha value is -3.44. The summed E-state index contributed by atoms with van der Waals surface area (Å²) >= 11 is 0. The molecule has 4 rings (SSSR count). The summed E-state index contributed by atoms with van der Waals surface area (Å²) in [5.74, 6) is -3.87. The molecule has 3 aromatic rings. The molecule has 128 valence electrons. The number of esters is 1. The summed E-state index contributed by atoms with van der Waals surface area (Å²) in [4.78, 5) is 24.4. The highest BCUT2D eigenvalue weighted by molar-refractivity contribution is 6.05. The van der Waals surface area contributed by atoms with Crippen LogP contribution < -0.4 is 5.32 Å². The fraction of sp³-hybridized carbons (Fsp3) is 0.0476. The fourth-order valence-corrected chi connectivity index (χ4v) is 2.96. The zero-order valence-electron chi connectivity index (χ0n) is 13.7. The predicted molar refractivity (Wildman–Crippen MR) is 96.3 cm³/mol. The topological polar surface area (TPSA) is 75.6 Å². The fourth-order valence-electron chi connectivity index (χ4n) is 2.96. The average molecular weight is 345 g/mol. The Labute approximate surface area is 149 Å². The van der Waals surface area contributed by atoms with Crippen LogP contribution in [0, 0.1) is 0 Å². The summed E-state index contributed by atoms with van der Waals surface area (Å²) in [6.07, 6.45) is 0. The number of cyclic esters (lactones) is 1. The molecule has 0 saturated heterocycles. The minimum Gasteiger partial charge on any atom is -0.415 e. The van der Waals surface area contributed by atoms with Gasteiger partial charge >= 0.3 is 17.7 Å². The molecule has 3 aromatic carbocycles. The smallest absolute Gasteiger partial charge is 0.341 e. The summed E-state index contributed by atoms with van der Waals surface area (Å²) in [5.41, 5.74) is 2.87. The number of carbonyl (C=O) groups is 2. The van der Waals surface area contributed by atoms with Gasteiger partial charge in [-0.05, 0) is 29.3 Å². The Morgan fingerprint density at radius 1 is 0.846 bits per heavy atom. The molecule has 5 nitrogen and oxygen atoms in total. The van der Waals surface area contributed by atoms with Crippen molar-refractivity contribution < 1.29 is 19.4 Å². The van der Waals surface area contributed by atoms with Crippen LogP contribution in [0.4, 0.5) is 5.69 Å². The normalized spacial score (nSPS) is 18.1. The van der Waals surface area contributed by atoms with Crippen LogP contribution in [0.5, 0.6) is 0 Å². The highest BCUT2D eigenvalue weighted by Crippen LogP contribution is 2.35. The molecule has 26 heavy (non-hydrogen) atoms. The van der Waals surface area contributed by atoms with E-state index < -0.39 is 17.7 Å². The molecule has 1 aliphatic rings. The van der Waals surface area contributed by atoms with Gasteiger partial charge in [-0.25, -0.2) is 4.79 Å². The van der Waals surface area contributed by atoms with E-state index in [9.17, 15) is 14.7 Å². The lowest BCUT2D eigenvalue weighted by Crippen LogP contribution is -2.40. The van der Waals surface area contributed by atoms with Gasteiger partial charge in [0.05, 0.1) is 5.56 Å². The van der Waals surface area contributed by atoms with Crippen molar-refractivity contribution in [2.24, 2.45) is 0 Å². The lowest BCUT2D eigenvalue weighted by molar-refractivity contribution is -0.180. The van der Waals surface area contributed by atoms with Crippen LogP contribution in [0.25, 0.3) is 11.1 Å². The zero-order chi connectivity index (χ0) is 18.1. The van der Waals surface area contributed by atoms with E-state index in [2.05, 4.69) is 5.32 Å². The van der Waals surface area contributed by atoms with Crippen LogP contribution >= 0.6 is 0 Å². The number of fused-ring (bicyclic) bond motifs is 1. The first-order valence-electron chi connectivity index (χ1n) is 8.10. The molecule has 5 heteroatoms. The van der Waals surface area contributed by atoms with E-state index in [0.717, 1.165) is 11.1 Å². The third-order valence-corrected chi connectivity index (χ3v) is 4.31. The second-order valence-corrected chi connectivity index (χ2v) is 5.98. The molecule has 2 N–H and O–H groups in total. The number of nitrogens with one attached hydrogen (secondary N) is 1. The molecule has 0 spiro atoms. The van der Waals surface area contributed by atoms with Crippen molar-refractivity contribution >= 4 is 17.6 Å². The van der Waals surface area contributed by atoms with Gasteiger partial charge in [0.15, 0.2) is 0 Å². The Morgan fingerprint density at radius 2 is 1.46 bits per heavy atom. The molecular formula is C21H15NO4. The highest BCUT2D eigenvalue weighted by atomic mass is 16.7. The van der Waals surface area contributed by atoms with Gasteiger partial charge < -0.3 is 15.2 Å². The van der Waals surface area contributed by atoms with Crippen molar-refractivity contribution in [2.75, 3.05) is 5.32 Å². The van der Waals surface area contributed by atoms with E-state index >= 15 is 0 Å². The Balaban J connectivity index is 1.57. The predicted octanol–water partition coefficient (Wildman–Crippen LogP) is 3.31. The number of anilines is 1. The van der Waals surface area contributed by atoms with E-state index in [1.807, 2.05) is 42.5 Å². The van der Waals surface area contributed by atoms with Crippen molar-refractivity contribution in [3.63, 3.8) is 0 Å². The second-order valence-electron chi connectivity index (χ2n) is 5.98.